The molecule has 1 saturated heterocycles. The number of likely N-dealkylation sites (tertiary alicyclic amines) is 1. The highest BCUT2D eigenvalue weighted by molar-refractivity contribution is 5.97. The van der Waals surface area contributed by atoms with Crippen LogP contribution in [-0.2, 0) is 22.6 Å². The summed E-state index contributed by atoms with van der Waals surface area (Å²) in [4.78, 5) is 38.6. The van der Waals surface area contributed by atoms with Crippen molar-refractivity contribution < 1.29 is 38.5 Å². The zero-order valence-corrected chi connectivity index (χ0v) is 19.3. The fourth-order valence-corrected chi connectivity index (χ4v) is 4.59. The Bertz CT molecular complexity index is 1130. The normalized spacial score (nSPS) is 17.0. The minimum absolute atomic E-state index is 0.0939. The topological polar surface area (TPSA) is 117 Å². The summed E-state index contributed by atoms with van der Waals surface area (Å²) >= 11 is 0. The number of methoxy groups -OCH3 is 1. The molecule has 0 bridgehead atoms. The molecule has 2 aliphatic rings. The number of carboxylic acid groups (broad SMARTS) is 2. The zero-order valence-electron chi connectivity index (χ0n) is 19.3. The van der Waals surface area contributed by atoms with Gasteiger partial charge in [-0.3, -0.25) is 9.59 Å². The molecule has 0 aliphatic carbocycles. The number of rotatable bonds is 7. The number of amides is 2. The summed E-state index contributed by atoms with van der Waals surface area (Å²) in [5.41, 5.74) is 0.203. The van der Waals surface area contributed by atoms with Crippen LogP contribution in [0.4, 0.5) is 14.9 Å². The summed E-state index contributed by atoms with van der Waals surface area (Å²) < 4.78 is 26.1. The van der Waals surface area contributed by atoms with E-state index in [1.54, 1.807) is 31.4 Å². The molecule has 2 aromatic rings. The van der Waals surface area contributed by atoms with E-state index in [9.17, 15) is 23.9 Å². The Morgan fingerprint density at radius 2 is 1.74 bits per heavy atom. The number of hydrogen-bond acceptors (Lipinski definition) is 5. The fourth-order valence-electron chi connectivity index (χ4n) is 4.59. The largest absolute Gasteiger partial charge is 0.497 e. The molecular weight excluding hydrogens is 459 g/mol. The van der Waals surface area contributed by atoms with Crippen molar-refractivity contribution in [3.05, 3.63) is 53.3 Å². The van der Waals surface area contributed by atoms with Gasteiger partial charge in [-0.05, 0) is 49.1 Å². The Balaban J connectivity index is 1.57. The number of anilines is 1. The van der Waals surface area contributed by atoms with E-state index < -0.39 is 23.3 Å². The van der Waals surface area contributed by atoms with Gasteiger partial charge < -0.3 is 29.5 Å². The maximum absolute atomic E-state index is 15.0. The number of hydrogen-bond donors (Lipinski definition) is 2. The predicted molar refractivity (Wildman–Crippen MR) is 123 cm³/mol. The molecule has 2 heterocycles. The lowest BCUT2D eigenvalue weighted by Gasteiger charge is -2.38. The number of fused-ring (bicyclic) bond motifs is 1. The SMILES string of the molecule is COc1ccc(CN2C(=O)CCc3c(OCC4(C(=O)O)CCN(C(=O)O)CC4)ccc(F)c32)cc1. The lowest BCUT2D eigenvalue weighted by Crippen LogP contribution is -2.49. The van der Waals surface area contributed by atoms with Crippen LogP contribution in [0.2, 0.25) is 0 Å². The summed E-state index contributed by atoms with van der Waals surface area (Å²) in [5, 5.41) is 19.0. The molecule has 0 atom stereocenters. The minimum Gasteiger partial charge on any atom is -0.497 e. The Labute approximate surface area is 201 Å². The molecule has 1 fully saturated rings. The minimum atomic E-state index is -1.25. The number of halogens is 1. The van der Waals surface area contributed by atoms with Crippen LogP contribution in [-0.4, -0.2) is 59.9 Å². The third-order valence-electron chi connectivity index (χ3n) is 6.80. The van der Waals surface area contributed by atoms with Crippen LogP contribution in [0, 0.1) is 11.2 Å². The Morgan fingerprint density at radius 3 is 2.34 bits per heavy atom. The zero-order chi connectivity index (χ0) is 25.2. The highest BCUT2D eigenvalue weighted by Gasteiger charge is 2.44. The van der Waals surface area contributed by atoms with E-state index in [4.69, 9.17) is 14.6 Å². The van der Waals surface area contributed by atoms with Gasteiger partial charge in [0.2, 0.25) is 5.91 Å². The van der Waals surface area contributed by atoms with E-state index in [2.05, 4.69) is 0 Å². The first-order valence-electron chi connectivity index (χ1n) is 11.3. The molecule has 0 spiro atoms. The number of nitrogens with zero attached hydrogens (tertiary/aromatic N) is 2. The van der Waals surface area contributed by atoms with Crippen LogP contribution in [0.25, 0.3) is 0 Å². The monoisotopic (exact) mass is 486 g/mol. The standard InChI is InChI=1S/C25H27FN2O7/c1-34-17-4-2-16(3-5-17)14-28-21(29)9-6-18-20(8-7-19(26)22(18)28)35-15-25(23(30)31)10-12-27(13-11-25)24(32)33/h2-5,7-8H,6,9-15H2,1H3,(H,30,31)(H,32,33). The quantitative estimate of drug-likeness (QED) is 0.615. The van der Waals surface area contributed by atoms with Crippen LogP contribution in [0.5, 0.6) is 11.5 Å². The number of aliphatic carboxylic acids is 1. The molecule has 2 amide bonds. The van der Waals surface area contributed by atoms with E-state index >= 15 is 0 Å². The Morgan fingerprint density at radius 1 is 1.06 bits per heavy atom. The van der Waals surface area contributed by atoms with E-state index in [1.807, 2.05) is 0 Å². The molecule has 0 radical (unpaired) electrons. The summed E-state index contributed by atoms with van der Waals surface area (Å²) in [7, 11) is 1.56. The Hall–Kier alpha value is -3.82. The number of carbonyl (C=O) groups excluding carboxylic acids is 1. The van der Waals surface area contributed by atoms with Crippen LogP contribution in [0.1, 0.15) is 30.4 Å². The van der Waals surface area contributed by atoms with Crippen LogP contribution in [0.15, 0.2) is 36.4 Å². The third kappa shape index (κ3) is 4.87. The molecule has 0 saturated carbocycles. The number of benzene rings is 2. The van der Waals surface area contributed by atoms with E-state index in [0.717, 1.165) is 5.56 Å². The average molecular weight is 486 g/mol. The molecule has 35 heavy (non-hydrogen) atoms. The molecule has 186 valence electrons. The van der Waals surface area contributed by atoms with E-state index in [1.165, 1.54) is 21.9 Å². The van der Waals surface area contributed by atoms with Crippen molar-refractivity contribution in [2.75, 3.05) is 31.7 Å². The molecular formula is C25H27FN2O7. The maximum atomic E-state index is 15.0. The summed E-state index contributed by atoms with van der Waals surface area (Å²) in [6, 6.07) is 9.81. The second kappa shape index (κ2) is 9.81. The molecule has 0 unspecified atom stereocenters. The van der Waals surface area contributed by atoms with Gasteiger partial charge in [0.05, 0.1) is 19.3 Å². The van der Waals surface area contributed by atoms with Gasteiger partial charge in [-0.2, -0.15) is 0 Å². The number of carboxylic acids is 1. The van der Waals surface area contributed by atoms with E-state index in [0.29, 0.717) is 17.1 Å². The first-order valence-corrected chi connectivity index (χ1v) is 11.3. The maximum Gasteiger partial charge on any atom is 0.407 e. The van der Waals surface area contributed by atoms with Crippen molar-refractivity contribution in [1.29, 1.82) is 0 Å². The van der Waals surface area contributed by atoms with Gasteiger partial charge in [0.15, 0.2) is 0 Å². The first kappa shape index (κ1) is 24.3. The number of carbonyl (C=O) groups is 3. The van der Waals surface area contributed by atoms with Gasteiger partial charge in [-0.25, -0.2) is 9.18 Å². The number of piperidine rings is 1. The summed E-state index contributed by atoms with van der Waals surface area (Å²) in [5.74, 6) is -0.837. The lowest BCUT2D eigenvalue weighted by atomic mass is 9.79. The molecule has 2 aliphatic heterocycles. The van der Waals surface area contributed by atoms with Gasteiger partial charge in [-0.15, -0.1) is 0 Å². The summed E-state index contributed by atoms with van der Waals surface area (Å²) in [6.07, 6.45) is -0.423. The Kier molecular flexibility index (Phi) is 6.81. The van der Waals surface area contributed by atoms with Crippen molar-refractivity contribution in [2.45, 2.75) is 32.2 Å². The van der Waals surface area contributed by atoms with Gasteiger partial charge in [0, 0.05) is 25.1 Å². The van der Waals surface area contributed by atoms with Gasteiger partial charge in [-0.1, -0.05) is 12.1 Å². The van der Waals surface area contributed by atoms with Crippen molar-refractivity contribution in [2.24, 2.45) is 5.41 Å². The average Bonchev–Trinajstić information content (AvgIpc) is 2.85. The highest BCUT2D eigenvalue weighted by atomic mass is 19.1. The van der Waals surface area contributed by atoms with Crippen molar-refractivity contribution in [3.63, 3.8) is 0 Å². The second-order valence-electron chi connectivity index (χ2n) is 8.84. The van der Waals surface area contributed by atoms with Crippen LogP contribution in [0.3, 0.4) is 0 Å². The molecule has 2 N–H and O–H groups in total. The van der Waals surface area contributed by atoms with Crippen molar-refractivity contribution >= 4 is 23.7 Å². The second-order valence-corrected chi connectivity index (χ2v) is 8.84. The van der Waals surface area contributed by atoms with Gasteiger partial charge in [0.25, 0.3) is 0 Å². The highest BCUT2D eigenvalue weighted by Crippen LogP contribution is 2.40. The van der Waals surface area contributed by atoms with Crippen LogP contribution < -0.4 is 14.4 Å². The van der Waals surface area contributed by atoms with Crippen molar-refractivity contribution in [3.8, 4) is 11.5 Å². The fraction of sp³-hybridized carbons (Fsp3) is 0.400. The van der Waals surface area contributed by atoms with E-state index in [-0.39, 0.29) is 63.5 Å². The summed E-state index contributed by atoms with van der Waals surface area (Å²) in [6.45, 7) is 0.175. The lowest BCUT2D eigenvalue weighted by molar-refractivity contribution is -0.154. The molecule has 0 aromatic heterocycles. The first-order chi connectivity index (χ1) is 16.7. The predicted octanol–water partition coefficient (Wildman–Crippen LogP) is 3.54. The van der Waals surface area contributed by atoms with Gasteiger partial charge >= 0.3 is 12.1 Å². The smallest absolute Gasteiger partial charge is 0.407 e. The van der Waals surface area contributed by atoms with Gasteiger partial charge in [0.1, 0.15) is 29.3 Å². The molecule has 10 heteroatoms. The number of ether oxygens (including phenoxy) is 2. The third-order valence-corrected chi connectivity index (χ3v) is 6.80. The van der Waals surface area contributed by atoms with Crippen LogP contribution >= 0.6 is 0 Å². The van der Waals surface area contributed by atoms with Crippen molar-refractivity contribution in [1.82, 2.24) is 4.90 Å². The molecule has 2 aromatic carbocycles. The molecule has 9 nitrogen and oxygen atoms in total. The molecule has 4 rings (SSSR count).